The van der Waals surface area contributed by atoms with Crippen LogP contribution in [0.3, 0.4) is 0 Å². The summed E-state index contributed by atoms with van der Waals surface area (Å²) in [4.78, 5) is 20.7. The Hall–Kier alpha value is -3.00. The van der Waals surface area contributed by atoms with Gasteiger partial charge in [0.15, 0.2) is 5.78 Å². The first-order valence-electron chi connectivity index (χ1n) is 9.65. The summed E-state index contributed by atoms with van der Waals surface area (Å²) in [6.07, 6.45) is 7.83. The van der Waals surface area contributed by atoms with Crippen LogP contribution in [-0.2, 0) is 19.4 Å². The van der Waals surface area contributed by atoms with Gasteiger partial charge in [-0.25, -0.2) is 14.4 Å². The molecule has 7 nitrogen and oxygen atoms in total. The second kappa shape index (κ2) is 9.67. The molecule has 0 bridgehead atoms. The van der Waals surface area contributed by atoms with Crippen LogP contribution in [0.5, 0.6) is 5.75 Å². The zero-order valence-corrected chi connectivity index (χ0v) is 17.8. The van der Waals surface area contributed by atoms with E-state index in [9.17, 15) is 9.18 Å². The Labute approximate surface area is 179 Å². The van der Waals surface area contributed by atoms with E-state index in [2.05, 4.69) is 20.4 Å². The number of hydrogen-bond acceptors (Lipinski definition) is 6. The highest BCUT2D eigenvalue weighted by Gasteiger charge is 2.21. The standard InChI is InChI=1S/C21H23ClFN5O2/c1-4-17(29)16-8-18(30-3)19(22)15(20(16)23)7-6-13-9-24-21(25-10-13)27-14-11-26-28(5-2)12-14/h8-12H,4-7H2,1-3H3,(H,24,25,27). The average molecular weight is 432 g/mol. The number of methoxy groups -OCH3 is 1. The number of anilines is 2. The van der Waals surface area contributed by atoms with E-state index >= 15 is 0 Å². The number of ether oxygens (including phenoxy) is 1. The van der Waals surface area contributed by atoms with Gasteiger partial charge in [0.2, 0.25) is 5.95 Å². The van der Waals surface area contributed by atoms with Gasteiger partial charge in [-0.1, -0.05) is 18.5 Å². The SMILES string of the molecule is CCC(=O)c1cc(OC)c(Cl)c(CCc2cnc(Nc3cnn(CC)c3)nc2)c1F. The van der Waals surface area contributed by atoms with Crippen LogP contribution in [0.1, 0.15) is 41.8 Å². The molecule has 2 heterocycles. The molecule has 0 spiro atoms. The maximum absolute atomic E-state index is 14.9. The van der Waals surface area contributed by atoms with Gasteiger partial charge in [-0.2, -0.15) is 5.10 Å². The molecule has 0 amide bonds. The molecule has 0 fully saturated rings. The van der Waals surface area contributed by atoms with Crippen molar-refractivity contribution >= 4 is 29.0 Å². The molecule has 0 saturated carbocycles. The quantitative estimate of drug-likeness (QED) is 0.498. The molecule has 9 heteroatoms. The number of carbonyl (C=O) groups is 1. The molecule has 0 atom stereocenters. The van der Waals surface area contributed by atoms with Crippen molar-refractivity contribution in [2.24, 2.45) is 0 Å². The number of rotatable bonds is 9. The number of nitrogens with zero attached hydrogens (tertiary/aromatic N) is 4. The summed E-state index contributed by atoms with van der Waals surface area (Å²) in [5.41, 5.74) is 1.86. The van der Waals surface area contributed by atoms with Crippen LogP contribution in [0.15, 0.2) is 30.9 Å². The van der Waals surface area contributed by atoms with Crippen molar-refractivity contribution in [1.29, 1.82) is 0 Å². The minimum absolute atomic E-state index is 0.00262. The maximum Gasteiger partial charge on any atom is 0.227 e. The van der Waals surface area contributed by atoms with Gasteiger partial charge in [-0.15, -0.1) is 0 Å². The average Bonchev–Trinajstić information content (AvgIpc) is 3.22. The van der Waals surface area contributed by atoms with Crippen LogP contribution in [0.25, 0.3) is 0 Å². The van der Waals surface area contributed by atoms with Crippen molar-refractivity contribution in [3.05, 3.63) is 58.4 Å². The molecule has 0 aliphatic carbocycles. The molecular formula is C21H23ClFN5O2. The maximum atomic E-state index is 14.9. The lowest BCUT2D eigenvalue weighted by atomic mass is 9.99. The molecule has 0 aliphatic heterocycles. The lowest BCUT2D eigenvalue weighted by Gasteiger charge is -2.13. The van der Waals surface area contributed by atoms with E-state index in [1.165, 1.54) is 13.2 Å². The molecule has 158 valence electrons. The summed E-state index contributed by atoms with van der Waals surface area (Å²) in [5.74, 6) is -0.169. The highest BCUT2D eigenvalue weighted by Crippen LogP contribution is 2.34. The fourth-order valence-electron chi connectivity index (χ4n) is 2.97. The first kappa shape index (κ1) is 21.7. The van der Waals surface area contributed by atoms with Crippen LogP contribution >= 0.6 is 11.6 Å². The smallest absolute Gasteiger partial charge is 0.227 e. The summed E-state index contributed by atoms with van der Waals surface area (Å²) in [6, 6.07) is 1.36. The molecule has 3 rings (SSSR count). The highest BCUT2D eigenvalue weighted by molar-refractivity contribution is 6.33. The number of hydrogen-bond donors (Lipinski definition) is 1. The third-order valence-corrected chi connectivity index (χ3v) is 5.10. The molecule has 30 heavy (non-hydrogen) atoms. The van der Waals surface area contributed by atoms with E-state index in [0.29, 0.717) is 12.4 Å². The number of carbonyl (C=O) groups excluding carboxylic acids is 1. The van der Waals surface area contributed by atoms with Crippen molar-refractivity contribution in [1.82, 2.24) is 19.7 Å². The van der Waals surface area contributed by atoms with Gasteiger partial charge in [0.25, 0.3) is 0 Å². The molecule has 0 saturated heterocycles. The normalized spacial score (nSPS) is 10.8. The summed E-state index contributed by atoms with van der Waals surface area (Å²) >= 11 is 6.30. The van der Waals surface area contributed by atoms with Crippen molar-refractivity contribution < 1.29 is 13.9 Å². The Morgan fingerprint density at radius 1 is 1.23 bits per heavy atom. The second-order valence-electron chi connectivity index (χ2n) is 6.63. The fourth-order valence-corrected chi connectivity index (χ4v) is 3.28. The zero-order valence-electron chi connectivity index (χ0n) is 17.1. The van der Waals surface area contributed by atoms with Gasteiger partial charge >= 0.3 is 0 Å². The number of benzene rings is 1. The molecule has 0 aliphatic rings. The van der Waals surface area contributed by atoms with Gasteiger partial charge in [0.05, 0.1) is 29.6 Å². The van der Waals surface area contributed by atoms with Gasteiger partial charge in [0, 0.05) is 37.1 Å². The summed E-state index contributed by atoms with van der Waals surface area (Å²) in [6.45, 7) is 4.46. The fraction of sp³-hybridized carbons (Fsp3) is 0.333. The topological polar surface area (TPSA) is 81.9 Å². The van der Waals surface area contributed by atoms with Crippen LogP contribution in [0.4, 0.5) is 16.0 Å². The molecular weight excluding hydrogens is 409 g/mol. The van der Waals surface area contributed by atoms with Gasteiger partial charge in [0.1, 0.15) is 11.6 Å². The molecule has 3 aromatic rings. The number of ketones is 1. The van der Waals surface area contributed by atoms with Crippen LogP contribution < -0.4 is 10.1 Å². The Kier molecular flexibility index (Phi) is 6.99. The Balaban J connectivity index is 1.74. The van der Waals surface area contributed by atoms with Crippen molar-refractivity contribution in [3.8, 4) is 5.75 Å². The van der Waals surface area contributed by atoms with E-state index in [1.807, 2.05) is 13.1 Å². The summed E-state index contributed by atoms with van der Waals surface area (Å²) in [7, 11) is 1.44. The van der Waals surface area contributed by atoms with E-state index in [0.717, 1.165) is 17.8 Å². The number of halogens is 2. The van der Waals surface area contributed by atoms with E-state index in [1.54, 1.807) is 30.2 Å². The van der Waals surface area contributed by atoms with E-state index < -0.39 is 5.82 Å². The lowest BCUT2D eigenvalue weighted by molar-refractivity contribution is 0.0983. The van der Waals surface area contributed by atoms with E-state index in [-0.39, 0.29) is 40.5 Å². The second-order valence-corrected chi connectivity index (χ2v) is 7.01. The number of nitrogens with one attached hydrogen (secondary N) is 1. The van der Waals surface area contributed by atoms with Gasteiger partial charge < -0.3 is 10.1 Å². The Bertz CT molecular complexity index is 1040. The first-order valence-corrected chi connectivity index (χ1v) is 10.0. The molecule has 0 radical (unpaired) electrons. The minimum atomic E-state index is -0.597. The number of aromatic nitrogens is 4. The largest absolute Gasteiger partial charge is 0.495 e. The van der Waals surface area contributed by atoms with Crippen LogP contribution in [-0.4, -0.2) is 32.6 Å². The highest BCUT2D eigenvalue weighted by atomic mass is 35.5. The number of aryl methyl sites for hydroxylation is 2. The zero-order chi connectivity index (χ0) is 21.7. The Morgan fingerprint density at radius 2 is 1.97 bits per heavy atom. The van der Waals surface area contributed by atoms with Crippen molar-refractivity contribution in [3.63, 3.8) is 0 Å². The monoisotopic (exact) mass is 431 g/mol. The number of Topliss-reactive ketones (excluding diaryl/α,β-unsaturated/α-hetero) is 1. The van der Waals surface area contributed by atoms with Crippen molar-refractivity contribution in [2.45, 2.75) is 39.7 Å². The van der Waals surface area contributed by atoms with Gasteiger partial charge in [-0.05, 0) is 31.4 Å². The molecule has 0 unspecified atom stereocenters. The third kappa shape index (κ3) is 4.76. The molecule has 2 aromatic heterocycles. The third-order valence-electron chi connectivity index (χ3n) is 4.68. The summed E-state index contributed by atoms with van der Waals surface area (Å²) in [5, 5.41) is 7.44. The summed E-state index contributed by atoms with van der Waals surface area (Å²) < 4.78 is 21.9. The Morgan fingerprint density at radius 3 is 2.57 bits per heavy atom. The first-order chi connectivity index (χ1) is 14.5. The minimum Gasteiger partial charge on any atom is -0.495 e. The molecule has 1 aromatic carbocycles. The van der Waals surface area contributed by atoms with Crippen LogP contribution in [0.2, 0.25) is 5.02 Å². The molecule has 1 N–H and O–H groups in total. The van der Waals surface area contributed by atoms with Crippen LogP contribution in [0, 0.1) is 5.82 Å². The predicted molar refractivity (Wildman–Crippen MR) is 113 cm³/mol. The predicted octanol–water partition coefficient (Wildman–Crippen LogP) is 4.62. The van der Waals surface area contributed by atoms with Crippen molar-refractivity contribution in [2.75, 3.05) is 12.4 Å². The van der Waals surface area contributed by atoms with E-state index in [4.69, 9.17) is 16.3 Å². The van der Waals surface area contributed by atoms with Gasteiger partial charge in [-0.3, -0.25) is 9.48 Å². The lowest BCUT2D eigenvalue weighted by Crippen LogP contribution is -2.07.